The second kappa shape index (κ2) is 5.40. The van der Waals surface area contributed by atoms with Gasteiger partial charge in [0.15, 0.2) is 0 Å². The Morgan fingerprint density at radius 3 is 2.29 bits per heavy atom. The normalized spacial score (nSPS) is 24.2. The summed E-state index contributed by atoms with van der Waals surface area (Å²) in [5, 5.41) is 2.59. The van der Waals surface area contributed by atoms with Crippen LogP contribution in [0.1, 0.15) is 27.2 Å². The number of rotatable bonds is 4. The van der Waals surface area contributed by atoms with Crippen molar-refractivity contribution in [1.82, 2.24) is 4.72 Å². The average molecular weight is 311 g/mol. The van der Waals surface area contributed by atoms with Crippen LogP contribution in [0.5, 0.6) is 0 Å². The zero-order chi connectivity index (χ0) is 15.8. The number of hydrogen-bond donors (Lipinski definition) is 3. The van der Waals surface area contributed by atoms with E-state index in [1.807, 2.05) is 13.8 Å². The molecule has 1 aromatic carbocycles. The fourth-order valence-corrected chi connectivity index (χ4v) is 3.74. The van der Waals surface area contributed by atoms with E-state index in [1.54, 1.807) is 12.1 Å². The number of hydrogen-bond acceptors (Lipinski definition) is 4. The summed E-state index contributed by atoms with van der Waals surface area (Å²) in [7, 11) is -3.58. The molecule has 2 unspecified atom stereocenters. The molecule has 2 rings (SSSR count). The van der Waals surface area contributed by atoms with Gasteiger partial charge < -0.3 is 11.1 Å². The number of sulfonamides is 1. The summed E-state index contributed by atoms with van der Waals surface area (Å²) in [5.41, 5.74) is 6.21. The van der Waals surface area contributed by atoms with Crippen molar-refractivity contribution >= 4 is 21.6 Å². The van der Waals surface area contributed by atoms with Gasteiger partial charge >= 0.3 is 0 Å². The first-order valence-corrected chi connectivity index (χ1v) is 8.27. The summed E-state index contributed by atoms with van der Waals surface area (Å²) in [4.78, 5) is 11.1. The highest BCUT2D eigenvalue weighted by Crippen LogP contribution is 2.39. The van der Waals surface area contributed by atoms with Crippen LogP contribution in [-0.2, 0) is 14.8 Å². The predicted molar refractivity (Wildman–Crippen MR) is 81.2 cm³/mol. The molecule has 1 amide bonds. The zero-order valence-corrected chi connectivity index (χ0v) is 13.2. The van der Waals surface area contributed by atoms with E-state index in [0.717, 1.165) is 0 Å². The van der Waals surface area contributed by atoms with Gasteiger partial charge in [0, 0.05) is 24.7 Å². The molecule has 116 valence electrons. The molecule has 2 atom stereocenters. The van der Waals surface area contributed by atoms with Crippen LogP contribution in [0.25, 0.3) is 0 Å². The first kappa shape index (κ1) is 15.9. The predicted octanol–water partition coefficient (Wildman–Crippen LogP) is 1.05. The third kappa shape index (κ3) is 3.25. The largest absolute Gasteiger partial charge is 0.327 e. The van der Waals surface area contributed by atoms with Gasteiger partial charge in [-0.15, -0.1) is 0 Å². The highest BCUT2D eigenvalue weighted by Gasteiger charge is 2.47. The SMILES string of the molecule is CC(=O)Nc1ccc(S(=O)(=O)NC2CC(N)C2(C)C)cc1. The minimum Gasteiger partial charge on any atom is -0.327 e. The van der Waals surface area contributed by atoms with Crippen molar-refractivity contribution in [3.8, 4) is 0 Å². The third-order valence-electron chi connectivity index (χ3n) is 4.13. The summed E-state index contributed by atoms with van der Waals surface area (Å²) in [6, 6.07) is 5.92. The van der Waals surface area contributed by atoms with Gasteiger partial charge in [0.25, 0.3) is 0 Å². The maximum Gasteiger partial charge on any atom is 0.240 e. The highest BCUT2D eigenvalue weighted by atomic mass is 32.2. The van der Waals surface area contributed by atoms with E-state index < -0.39 is 10.0 Å². The van der Waals surface area contributed by atoms with Crippen molar-refractivity contribution in [2.45, 2.75) is 44.2 Å². The Kier molecular flexibility index (Phi) is 4.10. The molecule has 0 bridgehead atoms. The minimum atomic E-state index is -3.58. The number of nitrogens with one attached hydrogen (secondary N) is 2. The standard InChI is InChI=1S/C14H21N3O3S/c1-9(18)16-10-4-6-11(7-5-10)21(19,20)17-13-8-12(15)14(13,2)3/h4-7,12-13,17H,8,15H2,1-3H3,(H,16,18). The number of benzene rings is 1. The molecular weight excluding hydrogens is 290 g/mol. The summed E-state index contributed by atoms with van der Waals surface area (Å²) >= 11 is 0. The molecule has 0 spiro atoms. The van der Waals surface area contributed by atoms with Gasteiger partial charge in [0.1, 0.15) is 0 Å². The van der Waals surface area contributed by atoms with Gasteiger partial charge in [-0.2, -0.15) is 0 Å². The molecule has 1 aliphatic rings. The lowest BCUT2D eigenvalue weighted by atomic mass is 9.64. The lowest BCUT2D eigenvalue weighted by Gasteiger charge is -2.50. The summed E-state index contributed by atoms with van der Waals surface area (Å²) in [6.07, 6.45) is 0.635. The van der Waals surface area contributed by atoms with Gasteiger partial charge in [-0.1, -0.05) is 13.8 Å². The zero-order valence-electron chi connectivity index (χ0n) is 12.4. The van der Waals surface area contributed by atoms with Crippen molar-refractivity contribution in [2.75, 3.05) is 5.32 Å². The van der Waals surface area contributed by atoms with E-state index >= 15 is 0 Å². The molecule has 0 radical (unpaired) electrons. The number of carbonyl (C=O) groups is 1. The van der Waals surface area contributed by atoms with Gasteiger partial charge in [0.05, 0.1) is 4.90 Å². The molecule has 1 saturated carbocycles. The van der Waals surface area contributed by atoms with Gasteiger partial charge in [-0.3, -0.25) is 4.79 Å². The molecule has 6 nitrogen and oxygen atoms in total. The summed E-state index contributed by atoms with van der Waals surface area (Å²) in [6.45, 7) is 5.30. The lowest BCUT2D eigenvalue weighted by molar-refractivity contribution is -0.114. The van der Waals surface area contributed by atoms with Crippen molar-refractivity contribution in [3.63, 3.8) is 0 Å². The maximum absolute atomic E-state index is 12.3. The van der Waals surface area contributed by atoms with E-state index in [9.17, 15) is 13.2 Å². The number of amides is 1. The van der Waals surface area contributed by atoms with E-state index in [1.165, 1.54) is 19.1 Å². The Bertz CT molecular complexity index is 638. The molecule has 4 N–H and O–H groups in total. The van der Waals surface area contributed by atoms with Crippen LogP contribution in [0.15, 0.2) is 29.2 Å². The molecule has 1 aromatic rings. The first-order valence-electron chi connectivity index (χ1n) is 6.78. The molecule has 0 aromatic heterocycles. The van der Waals surface area contributed by atoms with Crippen molar-refractivity contribution in [1.29, 1.82) is 0 Å². The quantitative estimate of drug-likeness (QED) is 0.773. The number of anilines is 1. The fraction of sp³-hybridized carbons (Fsp3) is 0.500. The van der Waals surface area contributed by atoms with E-state index in [-0.39, 0.29) is 28.3 Å². The average Bonchev–Trinajstić information content (AvgIpc) is 2.38. The van der Waals surface area contributed by atoms with Crippen LogP contribution in [0.2, 0.25) is 0 Å². The summed E-state index contributed by atoms with van der Waals surface area (Å²) < 4.78 is 27.3. The second-order valence-electron chi connectivity index (χ2n) is 6.04. The molecule has 0 heterocycles. The monoisotopic (exact) mass is 311 g/mol. The molecule has 0 aliphatic heterocycles. The minimum absolute atomic E-state index is 0.00680. The number of carbonyl (C=O) groups excluding carboxylic acids is 1. The second-order valence-corrected chi connectivity index (χ2v) is 7.76. The number of nitrogens with two attached hydrogens (primary N) is 1. The van der Waals surface area contributed by atoms with E-state index in [4.69, 9.17) is 5.73 Å². The molecule has 0 saturated heterocycles. The topological polar surface area (TPSA) is 101 Å². The smallest absolute Gasteiger partial charge is 0.240 e. The van der Waals surface area contributed by atoms with Crippen molar-refractivity contribution in [2.24, 2.45) is 11.1 Å². The van der Waals surface area contributed by atoms with E-state index in [2.05, 4.69) is 10.0 Å². The third-order valence-corrected chi connectivity index (χ3v) is 5.61. The van der Waals surface area contributed by atoms with Gasteiger partial charge in [-0.25, -0.2) is 13.1 Å². The van der Waals surface area contributed by atoms with Crippen molar-refractivity contribution < 1.29 is 13.2 Å². The van der Waals surface area contributed by atoms with Crippen LogP contribution in [-0.4, -0.2) is 26.4 Å². The van der Waals surface area contributed by atoms with Crippen LogP contribution in [0.3, 0.4) is 0 Å². The molecular formula is C14H21N3O3S. The van der Waals surface area contributed by atoms with Crippen LogP contribution < -0.4 is 15.8 Å². The van der Waals surface area contributed by atoms with Crippen LogP contribution >= 0.6 is 0 Å². The van der Waals surface area contributed by atoms with Crippen LogP contribution in [0.4, 0.5) is 5.69 Å². The Morgan fingerprint density at radius 1 is 1.29 bits per heavy atom. The Labute approximate surface area is 125 Å². The first-order chi connectivity index (χ1) is 9.63. The van der Waals surface area contributed by atoms with E-state index in [0.29, 0.717) is 12.1 Å². The Morgan fingerprint density at radius 2 is 1.86 bits per heavy atom. The summed E-state index contributed by atoms with van der Waals surface area (Å²) in [5.74, 6) is -0.200. The Hall–Kier alpha value is -1.44. The molecule has 7 heteroatoms. The van der Waals surface area contributed by atoms with Gasteiger partial charge in [0.2, 0.25) is 15.9 Å². The molecule has 21 heavy (non-hydrogen) atoms. The lowest BCUT2D eigenvalue weighted by Crippen LogP contribution is -2.64. The van der Waals surface area contributed by atoms with Crippen molar-refractivity contribution in [3.05, 3.63) is 24.3 Å². The Balaban J connectivity index is 2.11. The molecule has 1 aliphatic carbocycles. The van der Waals surface area contributed by atoms with Crippen LogP contribution in [0, 0.1) is 5.41 Å². The highest BCUT2D eigenvalue weighted by molar-refractivity contribution is 7.89. The molecule has 1 fully saturated rings. The maximum atomic E-state index is 12.3. The van der Waals surface area contributed by atoms with Gasteiger partial charge in [-0.05, 0) is 36.1 Å². The fourth-order valence-electron chi connectivity index (χ4n) is 2.34.